The van der Waals surface area contributed by atoms with E-state index < -0.39 is 6.36 Å². The monoisotopic (exact) mass is 528 g/mol. The first kappa shape index (κ1) is 25.2. The van der Waals surface area contributed by atoms with E-state index in [9.17, 15) is 13.2 Å². The topological polar surface area (TPSA) is 76.4 Å². The number of hydrogen-bond donors (Lipinski definition) is 2. The fourth-order valence-corrected chi connectivity index (χ4v) is 3.82. The highest BCUT2D eigenvalue weighted by atomic mass is 32.2. The van der Waals surface area contributed by atoms with E-state index in [1.807, 2.05) is 54.8 Å². The molecule has 0 saturated heterocycles. The Bertz CT molecular complexity index is 1360. The van der Waals surface area contributed by atoms with E-state index in [0.717, 1.165) is 21.7 Å². The van der Waals surface area contributed by atoms with Crippen molar-refractivity contribution in [2.45, 2.75) is 11.3 Å². The molecule has 0 radical (unpaired) electrons. The van der Waals surface area contributed by atoms with E-state index in [2.05, 4.69) is 30.7 Å². The number of benzene rings is 3. The molecular formula is C24H19F3N6OS2. The summed E-state index contributed by atoms with van der Waals surface area (Å²) in [7, 11) is 0. The lowest BCUT2D eigenvalue weighted by Gasteiger charge is -2.10. The van der Waals surface area contributed by atoms with Crippen LogP contribution in [-0.2, 0) is 0 Å². The summed E-state index contributed by atoms with van der Waals surface area (Å²) in [5.41, 5.74) is 5.84. The van der Waals surface area contributed by atoms with Crippen molar-refractivity contribution in [2.75, 3.05) is 11.6 Å². The Balaban J connectivity index is 1.35. The minimum absolute atomic E-state index is 0.306. The minimum Gasteiger partial charge on any atom is -0.406 e. The van der Waals surface area contributed by atoms with Crippen LogP contribution in [0.4, 0.5) is 18.9 Å². The number of nitrogens with one attached hydrogen (secondary N) is 2. The second-order valence-electron chi connectivity index (χ2n) is 7.20. The Morgan fingerprint density at radius 3 is 2.47 bits per heavy atom. The molecule has 0 atom stereocenters. The fraction of sp³-hybridized carbons (Fsp3) is 0.0833. The van der Waals surface area contributed by atoms with Crippen LogP contribution in [-0.4, -0.2) is 38.7 Å². The van der Waals surface area contributed by atoms with E-state index in [1.54, 1.807) is 18.0 Å². The summed E-state index contributed by atoms with van der Waals surface area (Å²) in [6, 6.07) is 20.6. The maximum absolute atomic E-state index is 12.3. The summed E-state index contributed by atoms with van der Waals surface area (Å²) >= 11 is 6.91. The molecule has 12 heteroatoms. The van der Waals surface area contributed by atoms with Crippen LogP contribution in [0, 0.1) is 0 Å². The van der Waals surface area contributed by atoms with Gasteiger partial charge in [-0.3, -0.25) is 5.43 Å². The normalized spacial score (nSPS) is 11.4. The first-order valence-electron chi connectivity index (χ1n) is 10.4. The van der Waals surface area contributed by atoms with Gasteiger partial charge in [0.2, 0.25) is 0 Å². The Kier molecular flexibility index (Phi) is 7.86. The third-order valence-electron chi connectivity index (χ3n) is 4.73. The summed E-state index contributed by atoms with van der Waals surface area (Å²) in [4.78, 5) is 5.36. The maximum atomic E-state index is 12.3. The van der Waals surface area contributed by atoms with Crippen LogP contribution in [0.1, 0.15) is 5.56 Å². The van der Waals surface area contributed by atoms with E-state index in [1.165, 1.54) is 35.3 Å². The number of anilines is 1. The summed E-state index contributed by atoms with van der Waals surface area (Å²) in [5, 5.41) is 12.0. The van der Waals surface area contributed by atoms with Crippen molar-refractivity contribution in [3.63, 3.8) is 0 Å². The van der Waals surface area contributed by atoms with Crippen molar-refractivity contribution in [1.82, 2.24) is 20.2 Å². The standard InChI is InChI=1S/C24H19F3N6OS2/c1-36-21-5-3-2-4-20(21)30-23(35)31-29-14-16-6-8-17(9-7-16)22-28-15-33(32-22)18-10-12-19(13-11-18)34-24(25,26)27/h2-15H,1H3,(H2,30,31,35)/b29-14+. The van der Waals surface area contributed by atoms with Crippen LogP contribution in [0.25, 0.3) is 17.1 Å². The smallest absolute Gasteiger partial charge is 0.406 e. The SMILES string of the molecule is CSc1ccccc1NC(=S)N/N=C/c1ccc(-c2ncn(-c3ccc(OC(F)(F)F)cc3)n2)cc1. The molecule has 0 aliphatic carbocycles. The van der Waals surface area contributed by atoms with E-state index >= 15 is 0 Å². The number of hydrazone groups is 1. The highest BCUT2D eigenvalue weighted by Crippen LogP contribution is 2.25. The molecule has 0 aliphatic heterocycles. The molecule has 0 aliphatic rings. The van der Waals surface area contributed by atoms with Crippen molar-refractivity contribution >= 4 is 41.0 Å². The fourth-order valence-electron chi connectivity index (χ4n) is 3.10. The molecule has 0 amide bonds. The number of thioether (sulfide) groups is 1. The molecule has 0 bridgehead atoms. The Morgan fingerprint density at radius 1 is 1.06 bits per heavy atom. The van der Waals surface area contributed by atoms with Crippen LogP contribution in [0.3, 0.4) is 0 Å². The lowest BCUT2D eigenvalue weighted by Crippen LogP contribution is -2.24. The van der Waals surface area contributed by atoms with Crippen molar-refractivity contribution < 1.29 is 17.9 Å². The number of nitrogens with zero attached hydrogens (tertiary/aromatic N) is 4. The predicted molar refractivity (Wildman–Crippen MR) is 139 cm³/mol. The quantitative estimate of drug-likeness (QED) is 0.134. The molecule has 1 heterocycles. The molecule has 7 nitrogen and oxygen atoms in total. The second-order valence-corrected chi connectivity index (χ2v) is 8.46. The van der Waals surface area contributed by atoms with Crippen LogP contribution < -0.4 is 15.5 Å². The number of thiocarbonyl (C=S) groups is 1. The average Bonchev–Trinajstić information content (AvgIpc) is 3.35. The van der Waals surface area contributed by atoms with Gasteiger partial charge in [0.15, 0.2) is 10.9 Å². The number of halogens is 3. The van der Waals surface area contributed by atoms with Crippen molar-refractivity contribution in [2.24, 2.45) is 5.10 Å². The molecular weight excluding hydrogens is 509 g/mol. The van der Waals surface area contributed by atoms with Crippen molar-refractivity contribution in [3.8, 4) is 22.8 Å². The zero-order chi connectivity index (χ0) is 25.5. The van der Waals surface area contributed by atoms with Crippen LogP contribution in [0.5, 0.6) is 5.75 Å². The molecule has 3 aromatic carbocycles. The zero-order valence-corrected chi connectivity index (χ0v) is 20.4. The maximum Gasteiger partial charge on any atom is 0.573 e. The lowest BCUT2D eigenvalue weighted by atomic mass is 10.1. The summed E-state index contributed by atoms with van der Waals surface area (Å²) in [5.74, 6) is 0.157. The van der Waals surface area contributed by atoms with Gasteiger partial charge in [0, 0.05) is 10.5 Å². The summed E-state index contributed by atoms with van der Waals surface area (Å²) < 4.78 is 42.3. The average molecular weight is 529 g/mol. The number of alkyl halides is 3. The molecule has 2 N–H and O–H groups in total. The third-order valence-corrected chi connectivity index (χ3v) is 5.72. The molecule has 4 aromatic rings. The highest BCUT2D eigenvalue weighted by molar-refractivity contribution is 7.98. The summed E-state index contributed by atoms with van der Waals surface area (Å²) in [6.45, 7) is 0. The number of hydrogen-bond acceptors (Lipinski definition) is 6. The van der Waals surface area contributed by atoms with E-state index in [0.29, 0.717) is 16.6 Å². The van der Waals surface area contributed by atoms with E-state index in [4.69, 9.17) is 12.2 Å². The Hall–Kier alpha value is -3.90. The van der Waals surface area contributed by atoms with Gasteiger partial charge in [-0.1, -0.05) is 36.4 Å². The Morgan fingerprint density at radius 2 is 1.78 bits per heavy atom. The van der Waals surface area contributed by atoms with Gasteiger partial charge in [-0.05, 0) is 60.4 Å². The molecule has 0 spiro atoms. The van der Waals surface area contributed by atoms with Gasteiger partial charge in [0.05, 0.1) is 17.6 Å². The number of rotatable bonds is 7. The molecule has 4 rings (SSSR count). The van der Waals surface area contributed by atoms with Crippen LogP contribution >= 0.6 is 24.0 Å². The van der Waals surface area contributed by atoms with Gasteiger partial charge in [0.1, 0.15) is 12.1 Å². The van der Waals surface area contributed by atoms with Gasteiger partial charge in [-0.15, -0.1) is 30.0 Å². The molecule has 1 aromatic heterocycles. The van der Waals surface area contributed by atoms with Gasteiger partial charge in [0.25, 0.3) is 0 Å². The van der Waals surface area contributed by atoms with Gasteiger partial charge in [-0.25, -0.2) is 9.67 Å². The first-order chi connectivity index (χ1) is 17.3. The highest BCUT2D eigenvalue weighted by Gasteiger charge is 2.31. The lowest BCUT2D eigenvalue weighted by molar-refractivity contribution is -0.274. The molecule has 36 heavy (non-hydrogen) atoms. The van der Waals surface area contributed by atoms with Gasteiger partial charge in [-0.2, -0.15) is 5.10 Å². The van der Waals surface area contributed by atoms with Gasteiger partial charge < -0.3 is 10.1 Å². The van der Waals surface area contributed by atoms with Crippen molar-refractivity contribution in [1.29, 1.82) is 0 Å². The van der Waals surface area contributed by atoms with Crippen LogP contribution in [0.15, 0.2) is 89.1 Å². The van der Waals surface area contributed by atoms with Gasteiger partial charge >= 0.3 is 6.36 Å². The zero-order valence-electron chi connectivity index (χ0n) is 18.7. The van der Waals surface area contributed by atoms with Crippen LogP contribution in [0.2, 0.25) is 0 Å². The molecule has 0 unspecified atom stereocenters. The molecule has 0 saturated carbocycles. The minimum atomic E-state index is -4.74. The first-order valence-corrected chi connectivity index (χ1v) is 12.1. The predicted octanol–water partition coefficient (Wildman–Crippen LogP) is 5.88. The van der Waals surface area contributed by atoms with E-state index in [-0.39, 0.29) is 5.75 Å². The number of aromatic nitrogens is 3. The third kappa shape index (κ3) is 6.83. The largest absolute Gasteiger partial charge is 0.573 e. The van der Waals surface area contributed by atoms with Crippen molar-refractivity contribution in [3.05, 3.63) is 84.7 Å². The molecule has 184 valence electrons. The number of para-hydroxylation sites is 1. The molecule has 0 fully saturated rings. The second kappa shape index (κ2) is 11.2. The number of ether oxygens (including phenoxy) is 1. The summed E-state index contributed by atoms with van der Waals surface area (Å²) in [6.07, 6.45) is 0.372. The Labute approximate surface area is 214 Å².